The molecule has 17 heavy (non-hydrogen) atoms. The van der Waals surface area contributed by atoms with Gasteiger partial charge in [0.15, 0.2) is 0 Å². The predicted molar refractivity (Wildman–Crippen MR) is 71.2 cm³/mol. The van der Waals surface area contributed by atoms with Gasteiger partial charge in [-0.25, -0.2) is 0 Å². The molecule has 0 aromatic carbocycles. The summed E-state index contributed by atoms with van der Waals surface area (Å²) in [4.78, 5) is 5.21. The molecule has 0 amide bonds. The van der Waals surface area contributed by atoms with Crippen LogP contribution in [0, 0.1) is 5.92 Å². The van der Waals surface area contributed by atoms with E-state index in [4.69, 9.17) is 0 Å². The summed E-state index contributed by atoms with van der Waals surface area (Å²) in [5.74, 6) is 1.02. The molecule has 0 spiro atoms. The SMILES string of the molecule is CN1CCC(N2CCC(NCC3CC3)CC2)C1. The Balaban J connectivity index is 1.37. The Morgan fingerprint density at radius 2 is 1.76 bits per heavy atom. The summed E-state index contributed by atoms with van der Waals surface area (Å²) in [5, 5.41) is 3.77. The van der Waals surface area contributed by atoms with Gasteiger partial charge in [-0.1, -0.05) is 0 Å². The molecule has 0 radical (unpaired) electrons. The fourth-order valence-electron chi connectivity index (χ4n) is 3.33. The van der Waals surface area contributed by atoms with Crippen molar-refractivity contribution in [3.05, 3.63) is 0 Å². The summed E-state index contributed by atoms with van der Waals surface area (Å²) in [6.45, 7) is 6.52. The number of likely N-dealkylation sites (tertiary alicyclic amines) is 2. The zero-order valence-corrected chi connectivity index (χ0v) is 11.2. The molecule has 3 aliphatic rings. The van der Waals surface area contributed by atoms with Gasteiger partial charge in [-0.2, -0.15) is 0 Å². The average Bonchev–Trinajstić information content (AvgIpc) is 3.09. The van der Waals surface area contributed by atoms with E-state index in [1.807, 2.05) is 0 Å². The number of rotatable bonds is 4. The number of hydrogen-bond donors (Lipinski definition) is 1. The summed E-state index contributed by atoms with van der Waals surface area (Å²) in [6.07, 6.45) is 7.07. The first-order chi connectivity index (χ1) is 8.31. The Labute approximate surface area is 106 Å². The average molecular weight is 237 g/mol. The maximum atomic E-state index is 3.77. The molecule has 0 bridgehead atoms. The summed E-state index contributed by atoms with van der Waals surface area (Å²) >= 11 is 0. The molecule has 0 aromatic rings. The van der Waals surface area contributed by atoms with Crippen molar-refractivity contribution in [3.8, 4) is 0 Å². The number of hydrogen-bond acceptors (Lipinski definition) is 3. The van der Waals surface area contributed by atoms with Crippen LogP contribution in [0.5, 0.6) is 0 Å². The Morgan fingerprint density at radius 3 is 2.35 bits per heavy atom. The van der Waals surface area contributed by atoms with Gasteiger partial charge in [0.1, 0.15) is 0 Å². The monoisotopic (exact) mass is 237 g/mol. The van der Waals surface area contributed by atoms with E-state index in [0.29, 0.717) is 0 Å². The zero-order valence-electron chi connectivity index (χ0n) is 11.2. The third kappa shape index (κ3) is 3.21. The summed E-state index contributed by atoms with van der Waals surface area (Å²) in [7, 11) is 2.25. The first kappa shape index (κ1) is 11.9. The molecule has 2 heterocycles. The predicted octanol–water partition coefficient (Wildman–Crippen LogP) is 1.15. The van der Waals surface area contributed by atoms with Crippen LogP contribution in [0.2, 0.25) is 0 Å². The molecule has 98 valence electrons. The van der Waals surface area contributed by atoms with Crippen LogP contribution in [0.25, 0.3) is 0 Å². The number of nitrogens with one attached hydrogen (secondary N) is 1. The van der Waals surface area contributed by atoms with Gasteiger partial charge in [0.05, 0.1) is 0 Å². The third-order valence-corrected chi connectivity index (χ3v) is 4.80. The lowest BCUT2D eigenvalue weighted by molar-refractivity contribution is 0.145. The molecule has 1 atom stereocenters. The van der Waals surface area contributed by atoms with E-state index >= 15 is 0 Å². The van der Waals surface area contributed by atoms with Crippen molar-refractivity contribution in [2.24, 2.45) is 5.92 Å². The zero-order chi connectivity index (χ0) is 11.7. The molecule has 1 saturated carbocycles. The molecule has 3 heteroatoms. The van der Waals surface area contributed by atoms with E-state index < -0.39 is 0 Å². The first-order valence-electron chi connectivity index (χ1n) is 7.47. The number of nitrogens with zero attached hydrogens (tertiary/aromatic N) is 2. The quantitative estimate of drug-likeness (QED) is 0.791. The Hall–Kier alpha value is -0.120. The van der Waals surface area contributed by atoms with E-state index in [1.54, 1.807) is 0 Å². The number of likely N-dealkylation sites (N-methyl/N-ethyl adjacent to an activating group) is 1. The molecule has 1 aliphatic carbocycles. The van der Waals surface area contributed by atoms with Crippen molar-refractivity contribution in [1.29, 1.82) is 0 Å². The Morgan fingerprint density at radius 1 is 1.00 bits per heavy atom. The topological polar surface area (TPSA) is 18.5 Å². The molecule has 0 aromatic heterocycles. The highest BCUT2D eigenvalue weighted by Gasteiger charge is 2.29. The van der Waals surface area contributed by atoms with Crippen LogP contribution in [0.15, 0.2) is 0 Å². The second kappa shape index (κ2) is 5.25. The molecule has 3 fully saturated rings. The standard InChI is InChI=1S/C14H27N3/c1-16-7-6-14(11-16)17-8-4-13(5-9-17)15-10-12-2-3-12/h12-15H,2-11H2,1H3. The van der Waals surface area contributed by atoms with Crippen LogP contribution in [0.1, 0.15) is 32.1 Å². The van der Waals surface area contributed by atoms with Crippen molar-refractivity contribution in [2.75, 3.05) is 39.8 Å². The molecule has 3 rings (SSSR count). The van der Waals surface area contributed by atoms with Crippen molar-refractivity contribution in [3.63, 3.8) is 0 Å². The molecule has 3 nitrogen and oxygen atoms in total. The summed E-state index contributed by atoms with van der Waals surface area (Å²) in [6, 6.07) is 1.66. The molecule has 1 N–H and O–H groups in total. The van der Waals surface area contributed by atoms with Gasteiger partial charge in [0.25, 0.3) is 0 Å². The lowest BCUT2D eigenvalue weighted by Gasteiger charge is -2.36. The van der Waals surface area contributed by atoms with Crippen LogP contribution < -0.4 is 5.32 Å². The fraction of sp³-hybridized carbons (Fsp3) is 1.00. The van der Waals surface area contributed by atoms with Crippen molar-refractivity contribution in [1.82, 2.24) is 15.1 Å². The minimum atomic E-state index is 0.811. The molecule has 1 unspecified atom stereocenters. The van der Waals surface area contributed by atoms with Gasteiger partial charge in [0.2, 0.25) is 0 Å². The van der Waals surface area contributed by atoms with Gasteiger partial charge < -0.3 is 10.2 Å². The molecule has 2 aliphatic heterocycles. The van der Waals surface area contributed by atoms with Crippen molar-refractivity contribution < 1.29 is 0 Å². The highest BCUT2D eigenvalue weighted by molar-refractivity contribution is 4.87. The largest absolute Gasteiger partial charge is 0.314 e. The molecule has 2 saturated heterocycles. The highest BCUT2D eigenvalue weighted by Crippen LogP contribution is 2.28. The fourth-order valence-corrected chi connectivity index (χ4v) is 3.33. The van der Waals surface area contributed by atoms with Gasteiger partial charge in [0, 0.05) is 18.6 Å². The van der Waals surface area contributed by atoms with Gasteiger partial charge in [-0.3, -0.25) is 4.90 Å². The van der Waals surface area contributed by atoms with Gasteiger partial charge in [-0.15, -0.1) is 0 Å². The Bertz CT molecular complexity index is 244. The second-order valence-corrected chi connectivity index (χ2v) is 6.37. The molecular weight excluding hydrogens is 210 g/mol. The summed E-state index contributed by atoms with van der Waals surface area (Å²) in [5.41, 5.74) is 0. The lowest BCUT2D eigenvalue weighted by atomic mass is 10.0. The van der Waals surface area contributed by atoms with Gasteiger partial charge >= 0.3 is 0 Å². The minimum absolute atomic E-state index is 0.811. The van der Waals surface area contributed by atoms with Crippen molar-refractivity contribution in [2.45, 2.75) is 44.2 Å². The van der Waals surface area contributed by atoms with Crippen LogP contribution in [-0.2, 0) is 0 Å². The van der Waals surface area contributed by atoms with Crippen LogP contribution in [0.3, 0.4) is 0 Å². The third-order valence-electron chi connectivity index (χ3n) is 4.80. The van der Waals surface area contributed by atoms with Crippen LogP contribution >= 0.6 is 0 Å². The van der Waals surface area contributed by atoms with E-state index in [2.05, 4.69) is 22.2 Å². The van der Waals surface area contributed by atoms with E-state index in [1.165, 1.54) is 64.8 Å². The maximum Gasteiger partial charge on any atom is 0.0235 e. The van der Waals surface area contributed by atoms with Crippen LogP contribution in [-0.4, -0.2) is 61.7 Å². The second-order valence-electron chi connectivity index (χ2n) is 6.37. The normalized spacial score (nSPS) is 33.4. The van der Waals surface area contributed by atoms with Crippen molar-refractivity contribution >= 4 is 0 Å². The Kier molecular flexibility index (Phi) is 3.69. The number of piperidine rings is 1. The highest BCUT2D eigenvalue weighted by atomic mass is 15.2. The van der Waals surface area contributed by atoms with E-state index in [0.717, 1.165) is 18.0 Å². The van der Waals surface area contributed by atoms with Gasteiger partial charge in [-0.05, 0) is 71.2 Å². The van der Waals surface area contributed by atoms with E-state index in [-0.39, 0.29) is 0 Å². The van der Waals surface area contributed by atoms with Crippen LogP contribution in [0.4, 0.5) is 0 Å². The minimum Gasteiger partial charge on any atom is -0.314 e. The molecular formula is C14H27N3. The lowest BCUT2D eigenvalue weighted by Crippen LogP contribution is -2.47. The first-order valence-corrected chi connectivity index (χ1v) is 7.47. The maximum absolute atomic E-state index is 3.77. The summed E-state index contributed by atoms with van der Waals surface area (Å²) < 4.78 is 0. The van der Waals surface area contributed by atoms with E-state index in [9.17, 15) is 0 Å². The smallest absolute Gasteiger partial charge is 0.0235 e.